The van der Waals surface area contributed by atoms with Crippen LogP contribution < -0.4 is 14.2 Å². The Kier molecular flexibility index (Phi) is 4.09. The van der Waals surface area contributed by atoms with Gasteiger partial charge in [0.2, 0.25) is 11.4 Å². The zero-order chi connectivity index (χ0) is 19.5. The summed E-state index contributed by atoms with van der Waals surface area (Å²) >= 11 is 6.42. The van der Waals surface area contributed by atoms with Gasteiger partial charge in [0, 0.05) is 28.9 Å². The highest BCUT2D eigenvalue weighted by Crippen LogP contribution is 2.56. The van der Waals surface area contributed by atoms with Crippen LogP contribution in [0.1, 0.15) is 40.3 Å². The lowest BCUT2D eigenvalue weighted by Gasteiger charge is -2.41. The number of fused-ring (bicyclic) bond motifs is 2. The Morgan fingerprint density at radius 1 is 1.30 bits per heavy atom. The minimum atomic E-state index is -1.48. The van der Waals surface area contributed by atoms with Crippen LogP contribution in [0.25, 0.3) is 0 Å². The van der Waals surface area contributed by atoms with Gasteiger partial charge >= 0.3 is 0 Å². The molecule has 0 radical (unpaired) electrons. The van der Waals surface area contributed by atoms with E-state index >= 15 is 0 Å². The number of benzene rings is 1. The van der Waals surface area contributed by atoms with E-state index < -0.39 is 11.7 Å². The molecule has 7 heteroatoms. The lowest BCUT2D eigenvalue weighted by Crippen LogP contribution is -2.54. The summed E-state index contributed by atoms with van der Waals surface area (Å²) in [5, 5.41) is 11.4. The molecule has 0 amide bonds. The van der Waals surface area contributed by atoms with Crippen LogP contribution in [-0.4, -0.2) is 35.7 Å². The minimum absolute atomic E-state index is 0.186. The number of aliphatic hydroxyl groups excluding tert-OH is 1. The Bertz CT molecular complexity index is 960. The number of ether oxygens (including phenoxy) is 3. The van der Waals surface area contributed by atoms with Crippen LogP contribution in [0.3, 0.4) is 0 Å². The van der Waals surface area contributed by atoms with Gasteiger partial charge in [0.1, 0.15) is 28.2 Å². The first kappa shape index (κ1) is 18.1. The normalized spacial score (nSPS) is 25.8. The van der Waals surface area contributed by atoms with Crippen molar-refractivity contribution < 1.29 is 24.1 Å². The molecule has 1 aliphatic carbocycles. The summed E-state index contributed by atoms with van der Waals surface area (Å²) in [6, 6.07) is 5.17. The summed E-state index contributed by atoms with van der Waals surface area (Å²) in [6.45, 7) is 3.77. The second-order valence-corrected chi connectivity index (χ2v) is 7.40. The third kappa shape index (κ3) is 2.29. The van der Waals surface area contributed by atoms with Crippen molar-refractivity contribution in [2.24, 2.45) is 5.92 Å². The van der Waals surface area contributed by atoms with Crippen LogP contribution >= 0.6 is 11.6 Å². The monoisotopic (exact) mass is 389 g/mol. The number of methoxy groups -OCH3 is 2. The van der Waals surface area contributed by atoms with Crippen molar-refractivity contribution in [3.8, 4) is 17.2 Å². The standard InChI is InChI=1S/C20H20ClNO5/c1-9-7-12-11(6-5-10(2)22-12)18(23)20(9)19(24)15-13(25-3)8-14(26-4)16(21)17(15)27-20/h5-6,8-9,18,23H,7H2,1-4H3/t9-,18+,20+/m1/s1. The van der Waals surface area contributed by atoms with Gasteiger partial charge in [-0.1, -0.05) is 24.6 Å². The first-order chi connectivity index (χ1) is 12.8. The van der Waals surface area contributed by atoms with Crippen molar-refractivity contribution in [2.45, 2.75) is 32.0 Å². The number of aliphatic hydroxyl groups is 1. The molecule has 2 aliphatic rings. The summed E-state index contributed by atoms with van der Waals surface area (Å²) in [4.78, 5) is 18.0. The third-order valence-corrected chi connectivity index (χ3v) is 5.88. The fourth-order valence-electron chi connectivity index (χ4n) is 4.10. The van der Waals surface area contributed by atoms with Gasteiger partial charge in [0.15, 0.2) is 5.75 Å². The number of carbonyl (C=O) groups excluding carboxylic acids is 1. The maximum absolute atomic E-state index is 13.5. The molecule has 0 saturated carbocycles. The first-order valence-electron chi connectivity index (χ1n) is 8.67. The topological polar surface area (TPSA) is 77.9 Å². The first-order valence-corrected chi connectivity index (χ1v) is 9.05. The van der Waals surface area contributed by atoms with Crippen molar-refractivity contribution in [1.82, 2.24) is 4.98 Å². The SMILES string of the molecule is COc1cc(OC)c2c(c1Cl)O[C@@]1(C2=O)[C@H](C)Cc2nc(C)ccc2[C@@H]1O. The van der Waals surface area contributed by atoms with Gasteiger partial charge < -0.3 is 19.3 Å². The van der Waals surface area contributed by atoms with E-state index in [1.54, 1.807) is 12.1 Å². The summed E-state index contributed by atoms with van der Waals surface area (Å²) in [5.74, 6) is 0.173. The fraction of sp³-hybridized carbons (Fsp3) is 0.400. The van der Waals surface area contributed by atoms with E-state index in [1.807, 2.05) is 19.9 Å². The summed E-state index contributed by atoms with van der Waals surface area (Å²) in [6.07, 6.45) is -0.666. The number of ketones is 1. The Hall–Kier alpha value is -2.31. The van der Waals surface area contributed by atoms with Gasteiger partial charge in [-0.25, -0.2) is 0 Å². The van der Waals surface area contributed by atoms with Crippen LogP contribution in [0.15, 0.2) is 18.2 Å². The zero-order valence-corrected chi connectivity index (χ0v) is 16.3. The molecule has 2 aromatic rings. The van der Waals surface area contributed by atoms with Crippen molar-refractivity contribution in [2.75, 3.05) is 14.2 Å². The van der Waals surface area contributed by atoms with Crippen molar-refractivity contribution in [3.05, 3.63) is 45.7 Å². The van der Waals surface area contributed by atoms with Gasteiger partial charge in [0.05, 0.1) is 14.2 Å². The summed E-state index contributed by atoms with van der Waals surface area (Å²) < 4.78 is 16.8. The molecule has 1 aromatic carbocycles. The maximum atomic E-state index is 13.5. The average molecular weight is 390 g/mol. The molecule has 1 N–H and O–H groups in total. The third-order valence-electron chi connectivity index (χ3n) is 5.53. The zero-order valence-electron chi connectivity index (χ0n) is 15.5. The Morgan fingerprint density at radius 2 is 2.00 bits per heavy atom. The number of Topliss-reactive ketones (excluding diaryl/α,β-unsaturated/α-hetero) is 1. The van der Waals surface area contributed by atoms with E-state index in [0.717, 1.165) is 11.4 Å². The second-order valence-electron chi connectivity index (χ2n) is 7.02. The molecule has 0 bridgehead atoms. The molecule has 142 valence electrons. The summed E-state index contributed by atoms with van der Waals surface area (Å²) in [5.41, 5.74) is 0.999. The van der Waals surface area contributed by atoms with Crippen molar-refractivity contribution in [3.63, 3.8) is 0 Å². The van der Waals surface area contributed by atoms with E-state index in [2.05, 4.69) is 4.98 Å². The number of rotatable bonds is 2. The molecule has 6 nitrogen and oxygen atoms in total. The Labute approximate surface area is 162 Å². The molecule has 4 rings (SSSR count). The van der Waals surface area contributed by atoms with Crippen LogP contribution in [0, 0.1) is 12.8 Å². The largest absolute Gasteiger partial charge is 0.496 e. The fourth-order valence-corrected chi connectivity index (χ4v) is 4.36. The molecule has 1 spiro atoms. The summed E-state index contributed by atoms with van der Waals surface area (Å²) in [7, 11) is 2.94. The number of hydrogen-bond acceptors (Lipinski definition) is 6. The predicted molar refractivity (Wildman–Crippen MR) is 99.0 cm³/mol. The lowest BCUT2D eigenvalue weighted by molar-refractivity contribution is -0.0642. The number of halogens is 1. The van der Waals surface area contributed by atoms with Gasteiger partial charge in [0.25, 0.3) is 0 Å². The Balaban J connectivity index is 1.91. The average Bonchev–Trinajstić information content (AvgIpc) is 2.96. The van der Waals surface area contributed by atoms with Crippen LogP contribution in [0.2, 0.25) is 5.02 Å². The highest BCUT2D eigenvalue weighted by atomic mass is 35.5. The van der Waals surface area contributed by atoms with Gasteiger partial charge in [-0.3, -0.25) is 9.78 Å². The highest BCUT2D eigenvalue weighted by molar-refractivity contribution is 6.35. The number of pyridine rings is 1. The lowest BCUT2D eigenvalue weighted by atomic mass is 9.70. The van der Waals surface area contributed by atoms with Crippen LogP contribution in [-0.2, 0) is 6.42 Å². The van der Waals surface area contributed by atoms with Gasteiger partial charge in [-0.15, -0.1) is 0 Å². The maximum Gasteiger partial charge on any atom is 0.217 e. The van der Waals surface area contributed by atoms with E-state index in [0.29, 0.717) is 23.5 Å². The second kappa shape index (κ2) is 6.11. The molecule has 2 heterocycles. The van der Waals surface area contributed by atoms with Gasteiger partial charge in [-0.05, 0) is 19.4 Å². The van der Waals surface area contributed by atoms with E-state index in [1.165, 1.54) is 14.2 Å². The van der Waals surface area contributed by atoms with E-state index in [-0.39, 0.29) is 28.0 Å². The van der Waals surface area contributed by atoms with Crippen molar-refractivity contribution in [1.29, 1.82) is 0 Å². The molecule has 3 atom stereocenters. The highest BCUT2D eigenvalue weighted by Gasteiger charge is 2.61. The quantitative estimate of drug-likeness (QED) is 0.849. The number of aromatic nitrogens is 1. The molecule has 0 unspecified atom stereocenters. The van der Waals surface area contributed by atoms with Crippen LogP contribution in [0.4, 0.5) is 0 Å². The smallest absolute Gasteiger partial charge is 0.217 e. The molecule has 1 aromatic heterocycles. The number of carbonyl (C=O) groups is 1. The molecule has 27 heavy (non-hydrogen) atoms. The van der Waals surface area contributed by atoms with E-state index in [9.17, 15) is 9.90 Å². The number of hydrogen-bond donors (Lipinski definition) is 1. The van der Waals surface area contributed by atoms with Crippen LogP contribution in [0.5, 0.6) is 17.2 Å². The molecule has 0 saturated heterocycles. The van der Waals surface area contributed by atoms with Crippen molar-refractivity contribution >= 4 is 17.4 Å². The number of nitrogens with zero attached hydrogens (tertiary/aromatic N) is 1. The Morgan fingerprint density at radius 3 is 2.67 bits per heavy atom. The number of aryl methyl sites for hydroxylation is 1. The predicted octanol–water partition coefficient (Wildman–Crippen LogP) is 3.30. The minimum Gasteiger partial charge on any atom is -0.496 e. The molecule has 0 fully saturated rings. The molecular weight excluding hydrogens is 370 g/mol. The molecule has 1 aliphatic heterocycles. The van der Waals surface area contributed by atoms with E-state index in [4.69, 9.17) is 25.8 Å². The van der Waals surface area contributed by atoms with Gasteiger partial charge in [-0.2, -0.15) is 0 Å². The molecular formula is C20H20ClNO5.